The van der Waals surface area contributed by atoms with E-state index in [4.69, 9.17) is 5.11 Å². The SMILES string of the molecule is CN(CCO)C(=O)Nc1ccc(-c2cccc(F)c2)c(F)c1. The number of carbonyl (C=O) groups is 1. The molecule has 2 amide bonds. The molecular weight excluding hydrogens is 290 g/mol. The number of likely N-dealkylation sites (N-methyl/N-ethyl adjacent to an activating group) is 1. The van der Waals surface area contributed by atoms with E-state index in [2.05, 4.69) is 5.32 Å². The summed E-state index contributed by atoms with van der Waals surface area (Å²) in [6.45, 7) is 0.0203. The summed E-state index contributed by atoms with van der Waals surface area (Å²) in [5.74, 6) is -1.01. The largest absolute Gasteiger partial charge is 0.395 e. The Kier molecular flexibility index (Phi) is 5.06. The molecule has 0 aromatic heterocycles. The van der Waals surface area contributed by atoms with E-state index in [0.29, 0.717) is 5.56 Å². The molecule has 0 radical (unpaired) electrons. The number of urea groups is 1. The van der Waals surface area contributed by atoms with Crippen LogP contribution in [0.4, 0.5) is 19.3 Å². The molecule has 2 aromatic carbocycles. The summed E-state index contributed by atoms with van der Waals surface area (Å²) in [7, 11) is 1.52. The lowest BCUT2D eigenvalue weighted by atomic mass is 10.0. The summed E-state index contributed by atoms with van der Waals surface area (Å²) in [6.07, 6.45) is 0. The maximum atomic E-state index is 14.1. The van der Waals surface area contributed by atoms with E-state index in [-0.39, 0.29) is 24.4 Å². The summed E-state index contributed by atoms with van der Waals surface area (Å²) in [5.41, 5.74) is 0.960. The molecule has 116 valence electrons. The number of rotatable bonds is 4. The lowest BCUT2D eigenvalue weighted by molar-refractivity contribution is 0.202. The van der Waals surface area contributed by atoms with Gasteiger partial charge in [0.25, 0.3) is 0 Å². The number of aliphatic hydroxyl groups is 1. The zero-order chi connectivity index (χ0) is 16.1. The molecule has 0 bridgehead atoms. The van der Waals surface area contributed by atoms with E-state index < -0.39 is 17.7 Å². The van der Waals surface area contributed by atoms with Crippen molar-refractivity contribution in [1.29, 1.82) is 0 Å². The fourth-order valence-corrected chi connectivity index (χ4v) is 1.95. The smallest absolute Gasteiger partial charge is 0.321 e. The minimum Gasteiger partial charge on any atom is -0.395 e. The lowest BCUT2D eigenvalue weighted by Gasteiger charge is -2.17. The minimum atomic E-state index is -0.562. The second-order valence-corrected chi connectivity index (χ2v) is 4.78. The number of anilines is 1. The second kappa shape index (κ2) is 7.00. The van der Waals surface area contributed by atoms with Gasteiger partial charge < -0.3 is 15.3 Å². The van der Waals surface area contributed by atoms with Gasteiger partial charge >= 0.3 is 6.03 Å². The number of carbonyl (C=O) groups excluding carboxylic acids is 1. The van der Waals surface area contributed by atoms with Crippen LogP contribution >= 0.6 is 0 Å². The Labute approximate surface area is 127 Å². The first-order chi connectivity index (χ1) is 10.5. The van der Waals surface area contributed by atoms with Crippen LogP contribution in [0, 0.1) is 11.6 Å². The third-order valence-corrected chi connectivity index (χ3v) is 3.14. The van der Waals surface area contributed by atoms with Crippen LogP contribution in [0.3, 0.4) is 0 Å². The Morgan fingerprint density at radius 3 is 2.64 bits per heavy atom. The Hall–Kier alpha value is -2.47. The first kappa shape index (κ1) is 15.9. The minimum absolute atomic E-state index is 0.156. The summed E-state index contributed by atoms with van der Waals surface area (Å²) < 4.78 is 27.3. The van der Waals surface area contributed by atoms with Crippen LogP contribution in [0.1, 0.15) is 0 Å². The molecule has 2 aromatic rings. The molecule has 0 heterocycles. The van der Waals surface area contributed by atoms with Crippen LogP contribution in [0.2, 0.25) is 0 Å². The molecule has 0 aliphatic heterocycles. The topological polar surface area (TPSA) is 52.6 Å². The third-order valence-electron chi connectivity index (χ3n) is 3.14. The summed E-state index contributed by atoms with van der Waals surface area (Å²) in [4.78, 5) is 13.0. The number of amides is 2. The van der Waals surface area contributed by atoms with Gasteiger partial charge in [-0.3, -0.25) is 0 Å². The van der Waals surface area contributed by atoms with Crippen LogP contribution in [-0.4, -0.2) is 36.2 Å². The normalized spacial score (nSPS) is 10.4. The molecule has 0 fully saturated rings. The quantitative estimate of drug-likeness (QED) is 0.912. The molecule has 0 atom stereocenters. The van der Waals surface area contributed by atoms with Gasteiger partial charge in [0.05, 0.1) is 6.61 Å². The fraction of sp³-hybridized carbons (Fsp3) is 0.188. The van der Waals surface area contributed by atoms with E-state index in [9.17, 15) is 13.6 Å². The molecule has 2 N–H and O–H groups in total. The van der Waals surface area contributed by atoms with Crippen LogP contribution in [0.5, 0.6) is 0 Å². The van der Waals surface area contributed by atoms with Gasteiger partial charge in [-0.15, -0.1) is 0 Å². The van der Waals surface area contributed by atoms with Crippen LogP contribution < -0.4 is 5.32 Å². The first-order valence-electron chi connectivity index (χ1n) is 6.69. The van der Waals surface area contributed by atoms with Gasteiger partial charge in [0, 0.05) is 24.8 Å². The fourth-order valence-electron chi connectivity index (χ4n) is 1.95. The van der Waals surface area contributed by atoms with Gasteiger partial charge in [0.15, 0.2) is 0 Å². The first-order valence-corrected chi connectivity index (χ1v) is 6.69. The highest BCUT2D eigenvalue weighted by Gasteiger charge is 2.11. The van der Waals surface area contributed by atoms with Gasteiger partial charge in [-0.1, -0.05) is 12.1 Å². The van der Waals surface area contributed by atoms with Crippen molar-refractivity contribution in [3.63, 3.8) is 0 Å². The standard InChI is InChI=1S/C16H16F2N2O2/c1-20(7-8-21)16(22)19-13-5-6-14(15(18)10-13)11-3-2-4-12(17)9-11/h2-6,9-10,21H,7-8H2,1H3,(H,19,22). The zero-order valence-corrected chi connectivity index (χ0v) is 12.0. The van der Waals surface area contributed by atoms with Crippen molar-refractivity contribution in [3.8, 4) is 11.1 Å². The lowest BCUT2D eigenvalue weighted by Crippen LogP contribution is -2.33. The Bertz CT molecular complexity index is 677. The highest BCUT2D eigenvalue weighted by atomic mass is 19.1. The number of aliphatic hydroxyl groups excluding tert-OH is 1. The highest BCUT2D eigenvalue weighted by Crippen LogP contribution is 2.25. The molecule has 6 heteroatoms. The van der Waals surface area contributed by atoms with Crippen molar-refractivity contribution in [2.75, 3.05) is 25.5 Å². The van der Waals surface area contributed by atoms with E-state index in [0.717, 1.165) is 0 Å². The predicted octanol–water partition coefficient (Wildman–Crippen LogP) is 3.09. The number of nitrogens with one attached hydrogen (secondary N) is 1. The maximum absolute atomic E-state index is 14.1. The molecule has 0 spiro atoms. The zero-order valence-electron chi connectivity index (χ0n) is 12.0. The molecule has 0 saturated heterocycles. The molecule has 0 saturated carbocycles. The number of benzene rings is 2. The van der Waals surface area contributed by atoms with Gasteiger partial charge in [-0.05, 0) is 35.9 Å². The molecule has 22 heavy (non-hydrogen) atoms. The van der Waals surface area contributed by atoms with Gasteiger partial charge in [-0.2, -0.15) is 0 Å². The molecule has 4 nitrogen and oxygen atoms in total. The van der Waals surface area contributed by atoms with E-state index in [1.165, 1.54) is 48.3 Å². The van der Waals surface area contributed by atoms with Crippen LogP contribution in [-0.2, 0) is 0 Å². The molecule has 0 aliphatic rings. The van der Waals surface area contributed by atoms with E-state index in [1.54, 1.807) is 6.07 Å². The van der Waals surface area contributed by atoms with Gasteiger partial charge in [0.2, 0.25) is 0 Å². The number of nitrogens with zero attached hydrogens (tertiary/aromatic N) is 1. The van der Waals surface area contributed by atoms with Crippen molar-refractivity contribution >= 4 is 11.7 Å². The van der Waals surface area contributed by atoms with Crippen molar-refractivity contribution < 1.29 is 18.7 Å². The molecular formula is C16H16F2N2O2. The Morgan fingerprint density at radius 2 is 2.00 bits per heavy atom. The number of hydrogen-bond acceptors (Lipinski definition) is 2. The van der Waals surface area contributed by atoms with Gasteiger partial charge in [-0.25, -0.2) is 13.6 Å². The summed E-state index contributed by atoms with van der Waals surface area (Å²) in [5, 5.41) is 11.3. The third kappa shape index (κ3) is 3.79. The van der Waals surface area contributed by atoms with E-state index in [1.807, 2.05) is 0 Å². The van der Waals surface area contributed by atoms with Crippen LogP contribution in [0.15, 0.2) is 42.5 Å². The molecule has 2 rings (SSSR count). The van der Waals surface area contributed by atoms with E-state index >= 15 is 0 Å². The van der Waals surface area contributed by atoms with Crippen molar-refractivity contribution in [1.82, 2.24) is 4.90 Å². The van der Waals surface area contributed by atoms with Gasteiger partial charge in [0.1, 0.15) is 11.6 Å². The molecule has 0 unspecified atom stereocenters. The number of hydrogen-bond donors (Lipinski definition) is 2. The van der Waals surface area contributed by atoms with Crippen molar-refractivity contribution in [2.24, 2.45) is 0 Å². The summed E-state index contributed by atoms with van der Waals surface area (Å²) >= 11 is 0. The van der Waals surface area contributed by atoms with Crippen molar-refractivity contribution in [2.45, 2.75) is 0 Å². The van der Waals surface area contributed by atoms with Crippen LogP contribution in [0.25, 0.3) is 11.1 Å². The van der Waals surface area contributed by atoms with Crippen molar-refractivity contribution in [3.05, 3.63) is 54.1 Å². The second-order valence-electron chi connectivity index (χ2n) is 4.78. The highest BCUT2D eigenvalue weighted by molar-refractivity contribution is 5.89. The predicted molar refractivity (Wildman–Crippen MR) is 80.5 cm³/mol. The summed E-state index contributed by atoms with van der Waals surface area (Å²) in [6, 6.07) is 9.37. The average Bonchev–Trinajstić information content (AvgIpc) is 2.47. The Balaban J connectivity index is 2.18. The number of halogens is 2. The monoisotopic (exact) mass is 306 g/mol. The average molecular weight is 306 g/mol. The Morgan fingerprint density at radius 1 is 1.23 bits per heavy atom. The maximum Gasteiger partial charge on any atom is 0.321 e. The molecule has 0 aliphatic carbocycles.